The first-order valence-corrected chi connectivity index (χ1v) is 13.0. The molecule has 2 aliphatic heterocycles. The third-order valence-corrected chi connectivity index (χ3v) is 6.47. The molecule has 202 valence electrons. The van der Waals surface area contributed by atoms with Crippen molar-refractivity contribution in [1.29, 1.82) is 0 Å². The van der Waals surface area contributed by atoms with Gasteiger partial charge in [-0.05, 0) is 45.1 Å². The number of hydrogen-bond acceptors (Lipinski definition) is 8. The van der Waals surface area contributed by atoms with Crippen LogP contribution in [-0.4, -0.2) is 60.1 Å². The first-order valence-electron chi connectivity index (χ1n) is 12.6. The van der Waals surface area contributed by atoms with Crippen LogP contribution in [0.25, 0.3) is 0 Å². The van der Waals surface area contributed by atoms with Gasteiger partial charge in [-0.2, -0.15) is 0 Å². The second-order valence-electron chi connectivity index (χ2n) is 9.42. The zero-order valence-electron chi connectivity index (χ0n) is 21.7. The Labute approximate surface area is 218 Å². The summed E-state index contributed by atoms with van der Waals surface area (Å²) in [5.41, 5.74) is 1.36. The molecular formula is C27H39ClO8. The molecule has 0 radical (unpaired) electrons. The van der Waals surface area contributed by atoms with Crippen molar-refractivity contribution in [2.24, 2.45) is 0 Å². The van der Waals surface area contributed by atoms with Crippen molar-refractivity contribution >= 4 is 29.5 Å². The Morgan fingerprint density at radius 3 is 2.75 bits per heavy atom. The van der Waals surface area contributed by atoms with Gasteiger partial charge in [0.1, 0.15) is 24.4 Å². The second-order valence-corrected chi connectivity index (χ2v) is 9.90. The molecule has 0 saturated carbocycles. The van der Waals surface area contributed by atoms with Crippen molar-refractivity contribution in [2.75, 3.05) is 6.61 Å². The fourth-order valence-corrected chi connectivity index (χ4v) is 4.38. The highest BCUT2D eigenvalue weighted by Gasteiger charge is 2.41. The Morgan fingerprint density at radius 2 is 2.06 bits per heavy atom. The number of rotatable bonds is 8. The van der Waals surface area contributed by atoms with Crippen LogP contribution < -0.4 is 0 Å². The Balaban J connectivity index is 2.16. The molecule has 2 rings (SSSR count). The van der Waals surface area contributed by atoms with E-state index in [1.54, 1.807) is 19.9 Å². The lowest BCUT2D eigenvalue weighted by molar-refractivity contribution is -0.159. The maximum atomic E-state index is 12.8. The van der Waals surface area contributed by atoms with E-state index in [1.807, 2.05) is 19.1 Å². The predicted octanol–water partition coefficient (Wildman–Crippen LogP) is 4.67. The monoisotopic (exact) mass is 526 g/mol. The third-order valence-electron chi connectivity index (χ3n) is 6.12. The van der Waals surface area contributed by atoms with Crippen LogP contribution >= 0.6 is 11.6 Å². The van der Waals surface area contributed by atoms with Crippen molar-refractivity contribution in [3.63, 3.8) is 0 Å². The summed E-state index contributed by atoms with van der Waals surface area (Å²) in [6, 6.07) is 0. The van der Waals surface area contributed by atoms with E-state index in [0.29, 0.717) is 42.9 Å². The molecule has 2 aliphatic rings. The number of carbonyl (C=O) groups excluding carboxylic acids is 3. The predicted molar refractivity (Wildman–Crippen MR) is 135 cm³/mol. The van der Waals surface area contributed by atoms with E-state index in [9.17, 15) is 19.5 Å². The summed E-state index contributed by atoms with van der Waals surface area (Å²) in [5, 5.41) is 11.6. The van der Waals surface area contributed by atoms with Crippen LogP contribution in [0.5, 0.6) is 0 Å². The summed E-state index contributed by atoms with van der Waals surface area (Å²) in [6.07, 6.45) is 5.43. The van der Waals surface area contributed by atoms with Gasteiger partial charge in [-0.3, -0.25) is 14.4 Å². The Kier molecular flexibility index (Phi) is 12.7. The molecule has 0 spiro atoms. The first kappa shape index (κ1) is 30.1. The van der Waals surface area contributed by atoms with Crippen molar-refractivity contribution in [1.82, 2.24) is 0 Å². The van der Waals surface area contributed by atoms with Gasteiger partial charge in [0.2, 0.25) is 0 Å². The third kappa shape index (κ3) is 10.4. The van der Waals surface area contributed by atoms with E-state index >= 15 is 0 Å². The van der Waals surface area contributed by atoms with Gasteiger partial charge in [-0.1, -0.05) is 48.7 Å². The summed E-state index contributed by atoms with van der Waals surface area (Å²) in [5.74, 6) is -1.41. The van der Waals surface area contributed by atoms with Crippen LogP contribution in [-0.2, 0) is 33.3 Å². The molecule has 9 heteroatoms. The number of unbranched alkanes of at least 4 members (excludes halogenated alkanes) is 1. The summed E-state index contributed by atoms with van der Waals surface area (Å²) in [4.78, 5) is 36.4. The first-order chi connectivity index (χ1) is 17.1. The quantitative estimate of drug-likeness (QED) is 0.210. The van der Waals surface area contributed by atoms with Crippen molar-refractivity contribution in [2.45, 2.75) is 110 Å². The summed E-state index contributed by atoms with van der Waals surface area (Å²) >= 11 is 6.38. The lowest BCUT2D eigenvalue weighted by atomic mass is 10.0. The largest absolute Gasteiger partial charge is 0.465 e. The van der Waals surface area contributed by atoms with Gasteiger partial charge in [-0.15, -0.1) is 0 Å². The SMILES string of the molecule is CCCCOC(=O)C/C(C)=C/C(O)C1OC2CC/C(Cl)=C/C/C=C(/C)C(OC(C)=O)CC(=O)OC1C2. The summed E-state index contributed by atoms with van der Waals surface area (Å²) in [6.45, 7) is 7.19. The topological polar surface area (TPSA) is 108 Å². The summed E-state index contributed by atoms with van der Waals surface area (Å²) in [7, 11) is 0. The fraction of sp³-hybridized carbons (Fsp3) is 0.667. The molecule has 36 heavy (non-hydrogen) atoms. The number of ether oxygens (including phenoxy) is 4. The molecular weight excluding hydrogens is 488 g/mol. The number of fused-ring (bicyclic) bond motifs is 2. The van der Waals surface area contributed by atoms with Gasteiger partial charge < -0.3 is 24.1 Å². The molecule has 2 bridgehead atoms. The Bertz CT molecular complexity index is 862. The average Bonchev–Trinajstić information content (AvgIpc) is 3.18. The van der Waals surface area contributed by atoms with E-state index in [0.717, 1.165) is 18.4 Å². The van der Waals surface area contributed by atoms with Crippen LogP contribution in [0.2, 0.25) is 0 Å². The Morgan fingerprint density at radius 1 is 1.31 bits per heavy atom. The number of aliphatic hydroxyl groups is 1. The van der Waals surface area contributed by atoms with E-state index in [4.69, 9.17) is 30.5 Å². The smallest absolute Gasteiger partial charge is 0.310 e. The van der Waals surface area contributed by atoms with E-state index in [-0.39, 0.29) is 24.9 Å². The minimum absolute atomic E-state index is 0.0530. The second kappa shape index (κ2) is 15.2. The fourth-order valence-electron chi connectivity index (χ4n) is 4.18. The van der Waals surface area contributed by atoms with Crippen molar-refractivity contribution in [3.05, 3.63) is 34.4 Å². The molecule has 1 saturated heterocycles. The number of halogens is 1. The van der Waals surface area contributed by atoms with E-state index in [1.165, 1.54) is 6.92 Å². The van der Waals surface area contributed by atoms with E-state index in [2.05, 4.69) is 0 Å². The number of hydrogen-bond donors (Lipinski definition) is 1. The molecule has 0 amide bonds. The average molecular weight is 527 g/mol. The lowest BCUT2D eigenvalue weighted by Gasteiger charge is -2.24. The highest BCUT2D eigenvalue weighted by atomic mass is 35.5. The number of esters is 3. The molecule has 8 nitrogen and oxygen atoms in total. The number of carbonyl (C=O) groups is 3. The van der Waals surface area contributed by atoms with Crippen molar-refractivity contribution in [3.8, 4) is 0 Å². The zero-order valence-corrected chi connectivity index (χ0v) is 22.4. The molecule has 2 heterocycles. The lowest BCUT2D eigenvalue weighted by Crippen LogP contribution is -2.37. The van der Waals surface area contributed by atoms with Gasteiger partial charge in [0.25, 0.3) is 0 Å². The van der Waals surface area contributed by atoms with Crippen LogP contribution in [0.1, 0.15) is 79.1 Å². The van der Waals surface area contributed by atoms with E-state index < -0.39 is 36.4 Å². The molecule has 5 atom stereocenters. The molecule has 1 N–H and O–H groups in total. The Hall–Kier alpha value is -2.16. The highest BCUT2D eigenvalue weighted by Crippen LogP contribution is 2.31. The van der Waals surface area contributed by atoms with Gasteiger partial charge >= 0.3 is 17.9 Å². The van der Waals surface area contributed by atoms with Crippen molar-refractivity contribution < 1.29 is 38.4 Å². The van der Waals surface area contributed by atoms with Gasteiger partial charge in [0.15, 0.2) is 0 Å². The van der Waals surface area contributed by atoms with Gasteiger partial charge in [0.05, 0.1) is 25.6 Å². The molecule has 0 aromatic rings. The maximum absolute atomic E-state index is 12.8. The standard InChI is InChI=1S/C27H39ClO8/c1-5-6-12-33-25(31)14-17(2)13-22(30)27-24-15-21(35-27)11-10-20(28)9-7-8-18(3)23(34-19(4)29)16-26(32)36-24/h8-9,13,21-24,27,30H,5-7,10-12,14-16H2,1-4H3/b17-13+,18-8-,20-9-. The molecule has 5 unspecified atom stereocenters. The molecule has 0 aliphatic carbocycles. The van der Waals surface area contributed by atoms with Crippen LogP contribution in [0.4, 0.5) is 0 Å². The number of aliphatic hydroxyl groups excluding tert-OH is 1. The minimum atomic E-state index is -1.09. The molecule has 0 aromatic heterocycles. The maximum Gasteiger partial charge on any atom is 0.310 e. The molecule has 1 fully saturated rings. The van der Waals surface area contributed by atoms with Gasteiger partial charge in [0, 0.05) is 18.4 Å². The van der Waals surface area contributed by atoms with Gasteiger partial charge in [-0.25, -0.2) is 0 Å². The van der Waals surface area contributed by atoms with Crippen LogP contribution in [0.15, 0.2) is 34.4 Å². The zero-order chi connectivity index (χ0) is 26.7. The van der Waals surface area contributed by atoms with Crippen LogP contribution in [0.3, 0.4) is 0 Å². The normalized spacial score (nSPS) is 29.6. The minimum Gasteiger partial charge on any atom is -0.465 e. The van der Waals surface area contributed by atoms with Crippen LogP contribution in [0, 0.1) is 0 Å². The molecule has 0 aromatic carbocycles. The summed E-state index contributed by atoms with van der Waals surface area (Å²) < 4.78 is 22.3. The highest BCUT2D eigenvalue weighted by molar-refractivity contribution is 6.29. The number of allylic oxidation sites excluding steroid dienone is 3.